The van der Waals surface area contributed by atoms with Crippen molar-refractivity contribution >= 4 is 22.6 Å². The summed E-state index contributed by atoms with van der Waals surface area (Å²) in [5.41, 5.74) is -6.69. The van der Waals surface area contributed by atoms with Gasteiger partial charge in [-0.2, -0.15) is 52.7 Å². The Kier molecular flexibility index (Phi) is 31.8. The number of hydrogen-bond donors (Lipinski definition) is 0. The highest BCUT2D eigenvalue weighted by Gasteiger charge is 2.43. The van der Waals surface area contributed by atoms with E-state index in [0.717, 1.165) is 46.9 Å². The zero-order chi connectivity index (χ0) is 80.6. The molecule has 620 valence electrons. The molecule has 38 heteroatoms. The molecular weight excluding hydrogens is 1560 g/mol. The van der Waals surface area contributed by atoms with Crippen LogP contribution in [0.25, 0.3) is 22.6 Å². The van der Waals surface area contributed by atoms with Crippen molar-refractivity contribution < 1.29 is 116 Å². The van der Waals surface area contributed by atoms with E-state index < -0.39 is 141 Å². The Morgan fingerprint density at radius 2 is 0.561 bits per heavy atom. The van der Waals surface area contributed by atoms with Crippen LogP contribution in [0.15, 0.2) is 116 Å². The van der Waals surface area contributed by atoms with Crippen molar-refractivity contribution in [2.75, 3.05) is 6.61 Å². The summed E-state index contributed by atoms with van der Waals surface area (Å²) in [6.45, 7) is 12.9. The van der Waals surface area contributed by atoms with Crippen molar-refractivity contribution in [3.05, 3.63) is 236 Å². The van der Waals surface area contributed by atoms with Gasteiger partial charge >= 0.3 is 24.7 Å². The number of benzene rings is 4. The van der Waals surface area contributed by atoms with Crippen LogP contribution in [0, 0.1) is 52.4 Å². The minimum Gasteiger partial charge on any atom is -0.483 e. The monoisotopic (exact) mass is 1640 g/mol. The van der Waals surface area contributed by atoms with E-state index in [2.05, 4.69) is 40.8 Å². The Morgan fingerprint density at radius 1 is 0.316 bits per heavy atom. The van der Waals surface area contributed by atoms with Crippen LogP contribution in [0.4, 0.5) is 92.2 Å². The van der Waals surface area contributed by atoms with E-state index >= 15 is 0 Å². The number of alkyl halides is 12. The summed E-state index contributed by atoms with van der Waals surface area (Å²) >= 11 is 0. The van der Waals surface area contributed by atoms with Gasteiger partial charge in [0.05, 0.1) is 0 Å². The van der Waals surface area contributed by atoms with Gasteiger partial charge in [-0.3, -0.25) is 17.6 Å². The van der Waals surface area contributed by atoms with Crippen molar-refractivity contribution in [3.63, 3.8) is 0 Å². The zero-order valence-corrected chi connectivity index (χ0v) is 58.8. The van der Waals surface area contributed by atoms with Crippen molar-refractivity contribution in [1.82, 2.24) is 58.4 Å². The van der Waals surface area contributed by atoms with Crippen molar-refractivity contribution in [2.45, 2.75) is 179 Å². The first kappa shape index (κ1) is 93.6. The summed E-state index contributed by atoms with van der Waals surface area (Å²) < 4.78 is 317. The lowest BCUT2D eigenvalue weighted by Gasteiger charge is -2.21. The maximum Gasteiger partial charge on any atom is 0.420 e. The number of fused-ring (bicyclic) bond motifs is 4. The predicted octanol–water partition coefficient (Wildman–Crippen LogP) is 22.7. The Morgan fingerprint density at radius 3 is 0.807 bits per heavy atom. The standard InChI is InChI=1S/C18H15F6N3O2.3C18H16F5N3O.4CH4/c1-3-28-8-14-25-26-17-15(18(22,23)24)11(4-5-27(14)17)9(2)29-16-12(20)6-10(19)7-13(16)21;3*1-3-4-15-24-25-17-16(18(21,22)23)12(7-8-26(15)17)10(2)27-14-6-5-11(19)9-13(14)20;;;;/h4-7,9H,3,8H2,1-2H3;3*5-10H,3-4H2,1-2H3;4*1H4. The molecule has 0 saturated heterocycles. The van der Waals surface area contributed by atoms with Gasteiger partial charge in [-0.15, -0.1) is 40.8 Å². The van der Waals surface area contributed by atoms with E-state index in [9.17, 15) is 92.2 Å². The molecule has 114 heavy (non-hydrogen) atoms. The Balaban J connectivity index is 0.000000268. The van der Waals surface area contributed by atoms with E-state index in [1.165, 1.54) is 83.9 Å². The molecule has 0 bridgehead atoms. The smallest absolute Gasteiger partial charge is 0.420 e. The van der Waals surface area contributed by atoms with E-state index in [1.54, 1.807) is 6.92 Å². The topological polar surface area (TPSA) is 167 Å². The number of nitrogens with zero attached hydrogens (tertiary/aromatic N) is 12. The second kappa shape index (κ2) is 38.7. The highest BCUT2D eigenvalue weighted by Crippen LogP contribution is 2.44. The van der Waals surface area contributed by atoms with Gasteiger partial charge in [0.25, 0.3) is 0 Å². The number of rotatable bonds is 21. The van der Waals surface area contributed by atoms with Gasteiger partial charge in [0, 0.05) is 103 Å². The first-order valence-corrected chi connectivity index (χ1v) is 33.3. The molecule has 0 saturated carbocycles. The lowest BCUT2D eigenvalue weighted by molar-refractivity contribution is -0.138. The minimum atomic E-state index is -4.86. The van der Waals surface area contributed by atoms with Crippen LogP contribution in [0.5, 0.6) is 23.0 Å². The highest BCUT2D eigenvalue weighted by molar-refractivity contribution is 5.58. The fourth-order valence-corrected chi connectivity index (χ4v) is 11.4. The van der Waals surface area contributed by atoms with Gasteiger partial charge in [0.15, 0.2) is 80.5 Å². The lowest BCUT2D eigenvalue weighted by Crippen LogP contribution is -2.17. The molecule has 12 aromatic rings. The molecule has 8 aromatic heterocycles. The van der Waals surface area contributed by atoms with Gasteiger partial charge in [-0.25, -0.2) is 39.5 Å². The first-order valence-electron chi connectivity index (χ1n) is 33.3. The summed E-state index contributed by atoms with van der Waals surface area (Å²) in [4.78, 5) is 0. The highest BCUT2D eigenvalue weighted by atomic mass is 19.4. The summed E-state index contributed by atoms with van der Waals surface area (Å²) in [6, 6.07) is 13.4. The molecule has 12 rings (SSSR count). The molecule has 0 aliphatic heterocycles. The Bertz CT molecular complexity index is 4820. The van der Waals surface area contributed by atoms with E-state index in [4.69, 9.17) is 23.7 Å². The summed E-state index contributed by atoms with van der Waals surface area (Å²) in [7, 11) is 0. The summed E-state index contributed by atoms with van der Waals surface area (Å²) in [5.74, 6) is -9.93. The molecule has 0 radical (unpaired) electrons. The molecule has 4 atom stereocenters. The van der Waals surface area contributed by atoms with Crippen LogP contribution in [-0.4, -0.2) is 65.0 Å². The molecule has 0 spiro atoms. The Hall–Kier alpha value is -11.0. The zero-order valence-electron chi connectivity index (χ0n) is 58.8. The van der Waals surface area contributed by atoms with Crippen LogP contribution in [-0.2, 0) is 55.3 Å². The second-order valence-corrected chi connectivity index (χ2v) is 24.2. The molecule has 4 aromatic carbocycles. The fraction of sp³-hybridized carbons (Fsp3) is 0.368. The average molecular weight is 1640 g/mol. The number of ether oxygens (including phenoxy) is 5. The van der Waals surface area contributed by atoms with Crippen LogP contribution >= 0.6 is 0 Å². The third-order valence-electron chi connectivity index (χ3n) is 16.3. The van der Waals surface area contributed by atoms with Gasteiger partial charge in [0.1, 0.15) is 94.0 Å². The third kappa shape index (κ3) is 21.5. The lowest BCUT2D eigenvalue weighted by atomic mass is 10.0. The molecular formula is C76H79F21N12O5. The Labute approximate surface area is 639 Å². The van der Waals surface area contributed by atoms with Crippen molar-refractivity contribution in [2.24, 2.45) is 0 Å². The maximum atomic E-state index is 13.8. The largest absolute Gasteiger partial charge is 0.483 e. The molecule has 0 fully saturated rings. The van der Waals surface area contributed by atoms with Crippen molar-refractivity contribution in [1.29, 1.82) is 0 Å². The first-order chi connectivity index (χ1) is 51.8. The van der Waals surface area contributed by atoms with Gasteiger partial charge < -0.3 is 23.7 Å². The molecule has 0 N–H and O–H groups in total. The minimum absolute atomic E-state index is 0. The van der Waals surface area contributed by atoms with Crippen LogP contribution in [0.2, 0.25) is 0 Å². The number of halogens is 21. The van der Waals surface area contributed by atoms with E-state index in [0.29, 0.717) is 92.9 Å². The molecule has 0 aliphatic rings. The molecule has 0 amide bonds. The van der Waals surface area contributed by atoms with E-state index in [1.807, 2.05) is 20.8 Å². The van der Waals surface area contributed by atoms with Crippen molar-refractivity contribution in [3.8, 4) is 23.0 Å². The number of hydrogen-bond acceptors (Lipinski definition) is 13. The molecule has 4 unspecified atom stereocenters. The molecule has 0 aliphatic carbocycles. The number of pyridine rings is 4. The third-order valence-corrected chi connectivity index (χ3v) is 16.3. The quantitative estimate of drug-likeness (QED) is 0.0624. The summed E-state index contributed by atoms with van der Waals surface area (Å²) in [5, 5.41) is 29.9. The molecule has 17 nitrogen and oxygen atoms in total. The van der Waals surface area contributed by atoms with Gasteiger partial charge in [-0.1, -0.05) is 50.5 Å². The predicted molar refractivity (Wildman–Crippen MR) is 378 cm³/mol. The van der Waals surface area contributed by atoms with Crippen LogP contribution in [0.1, 0.15) is 197 Å². The van der Waals surface area contributed by atoms with Gasteiger partial charge in [-0.05, 0) is 115 Å². The van der Waals surface area contributed by atoms with Crippen LogP contribution in [0.3, 0.4) is 0 Å². The molecule has 8 heterocycles. The average Bonchev–Trinajstić information content (AvgIpc) is 0.993. The second-order valence-electron chi connectivity index (χ2n) is 24.2. The van der Waals surface area contributed by atoms with Crippen LogP contribution < -0.4 is 18.9 Å². The fourth-order valence-electron chi connectivity index (χ4n) is 11.4. The van der Waals surface area contributed by atoms with E-state index in [-0.39, 0.29) is 93.0 Å². The SMILES string of the molecule is C.C.C.C.CCCc1nnc2c(C(F)(F)F)c(C(C)Oc3ccc(F)cc3F)ccn12.CCCc1nnc2c(C(F)(F)F)c(C(C)Oc3ccc(F)cc3F)ccn12.CCCc1nnc2c(C(F)(F)F)c(C(C)Oc3ccc(F)cc3F)ccn12.CCOCc1nnc2c(C(F)(F)F)c(C(C)Oc3c(F)cc(F)cc3F)ccn12. The number of aromatic nitrogens is 12. The summed E-state index contributed by atoms with van der Waals surface area (Å²) in [6.07, 6.45) is -14.8. The normalized spacial score (nSPS) is 12.7. The number of aryl methyl sites for hydroxylation is 3. The maximum absolute atomic E-state index is 13.8. The van der Waals surface area contributed by atoms with Gasteiger partial charge in [0.2, 0.25) is 0 Å².